The number of hydrogen-bond acceptors (Lipinski definition) is 5. The van der Waals surface area contributed by atoms with Crippen LogP contribution in [0.5, 0.6) is 0 Å². The number of rotatable bonds is 3. The van der Waals surface area contributed by atoms with E-state index in [0.717, 1.165) is 25.3 Å². The number of piperidine rings is 1. The van der Waals surface area contributed by atoms with Crippen molar-refractivity contribution in [3.05, 3.63) is 22.6 Å². The number of nitrogens with zero attached hydrogens (tertiary/aromatic N) is 2. The summed E-state index contributed by atoms with van der Waals surface area (Å²) in [5, 5.41) is 7.39. The maximum Gasteiger partial charge on any atom is 0.293 e. The van der Waals surface area contributed by atoms with Gasteiger partial charge < -0.3 is 14.3 Å². The van der Waals surface area contributed by atoms with Crippen LogP contribution in [0.1, 0.15) is 18.7 Å². The first-order chi connectivity index (χ1) is 8.81. The van der Waals surface area contributed by atoms with Crippen LogP contribution in [0.15, 0.2) is 25.7 Å². The molecule has 1 unspecified atom stereocenters. The van der Waals surface area contributed by atoms with Crippen LogP contribution in [0, 0.1) is 5.92 Å². The van der Waals surface area contributed by atoms with Crippen LogP contribution < -0.4 is 5.32 Å². The molecule has 5 nitrogen and oxygen atoms in total. The predicted octanol–water partition coefficient (Wildman–Crippen LogP) is 2.63. The maximum atomic E-state index is 5.38. The summed E-state index contributed by atoms with van der Waals surface area (Å²) in [4.78, 5) is 4.37. The van der Waals surface area contributed by atoms with Crippen LogP contribution in [0.3, 0.4) is 0 Å². The molecule has 2 aromatic heterocycles. The molecule has 1 N–H and O–H groups in total. The first kappa shape index (κ1) is 11.9. The summed E-state index contributed by atoms with van der Waals surface area (Å²) in [5.41, 5.74) is 0. The van der Waals surface area contributed by atoms with Crippen LogP contribution in [-0.4, -0.2) is 23.2 Å². The number of halogens is 1. The van der Waals surface area contributed by atoms with Crippen molar-refractivity contribution in [2.24, 2.45) is 5.92 Å². The minimum absolute atomic E-state index is 0.444. The van der Waals surface area contributed by atoms with E-state index < -0.39 is 0 Å². The Morgan fingerprint density at radius 1 is 1.44 bits per heavy atom. The molecule has 2 aromatic rings. The number of furan rings is 1. The van der Waals surface area contributed by atoms with Crippen LogP contribution in [0.25, 0.3) is 11.7 Å². The Morgan fingerprint density at radius 2 is 2.39 bits per heavy atom. The minimum Gasteiger partial charge on any atom is -0.444 e. The van der Waals surface area contributed by atoms with E-state index in [9.17, 15) is 0 Å². The highest BCUT2D eigenvalue weighted by Crippen LogP contribution is 2.24. The lowest BCUT2D eigenvalue weighted by molar-refractivity contribution is 0.358. The highest BCUT2D eigenvalue weighted by atomic mass is 79.9. The van der Waals surface area contributed by atoms with Gasteiger partial charge in [-0.25, -0.2) is 0 Å². The van der Waals surface area contributed by atoms with Crippen molar-refractivity contribution in [1.82, 2.24) is 15.5 Å². The van der Waals surface area contributed by atoms with Gasteiger partial charge in [-0.15, -0.1) is 0 Å². The van der Waals surface area contributed by atoms with E-state index in [2.05, 4.69) is 31.4 Å². The summed E-state index contributed by atoms with van der Waals surface area (Å²) >= 11 is 3.25. The fourth-order valence-electron chi connectivity index (χ4n) is 2.22. The van der Waals surface area contributed by atoms with Gasteiger partial charge >= 0.3 is 0 Å². The zero-order valence-electron chi connectivity index (χ0n) is 9.86. The average molecular weight is 312 g/mol. The van der Waals surface area contributed by atoms with Crippen LogP contribution in [0.2, 0.25) is 0 Å². The minimum atomic E-state index is 0.444. The molecule has 1 fully saturated rings. The van der Waals surface area contributed by atoms with E-state index in [1.807, 2.05) is 12.1 Å². The number of aromatic nitrogens is 2. The molecule has 0 aromatic carbocycles. The van der Waals surface area contributed by atoms with Crippen molar-refractivity contribution in [3.63, 3.8) is 0 Å². The van der Waals surface area contributed by atoms with Crippen LogP contribution in [-0.2, 0) is 6.42 Å². The van der Waals surface area contributed by atoms with Crippen molar-refractivity contribution in [2.45, 2.75) is 19.3 Å². The fraction of sp³-hybridized carbons (Fsp3) is 0.500. The molecule has 1 aliphatic heterocycles. The molecule has 1 aliphatic rings. The zero-order valence-corrected chi connectivity index (χ0v) is 11.4. The molecule has 3 heterocycles. The van der Waals surface area contributed by atoms with Crippen molar-refractivity contribution in [3.8, 4) is 11.7 Å². The normalized spacial score (nSPS) is 20.2. The molecule has 18 heavy (non-hydrogen) atoms. The van der Waals surface area contributed by atoms with Gasteiger partial charge in [0.2, 0.25) is 0 Å². The molecule has 6 heteroatoms. The van der Waals surface area contributed by atoms with E-state index in [1.165, 1.54) is 12.8 Å². The van der Waals surface area contributed by atoms with Gasteiger partial charge in [0.05, 0.1) is 0 Å². The molecule has 1 saturated heterocycles. The van der Waals surface area contributed by atoms with Gasteiger partial charge in [0.25, 0.3) is 5.89 Å². The lowest BCUT2D eigenvalue weighted by Gasteiger charge is -2.20. The highest BCUT2D eigenvalue weighted by Gasteiger charge is 2.18. The van der Waals surface area contributed by atoms with Gasteiger partial charge in [-0.05, 0) is 59.9 Å². The Hall–Kier alpha value is -1.14. The first-order valence-electron chi connectivity index (χ1n) is 6.10. The van der Waals surface area contributed by atoms with Gasteiger partial charge in [-0.1, -0.05) is 5.16 Å². The standard InChI is InChI=1S/C12H14BrN3O2/c13-10-4-3-9(17-10)12-15-11(16-18-12)6-8-2-1-5-14-7-8/h3-4,8,14H,1-2,5-7H2. The Balaban J connectivity index is 1.69. The van der Waals surface area contributed by atoms with Crippen molar-refractivity contribution < 1.29 is 8.94 Å². The van der Waals surface area contributed by atoms with E-state index in [4.69, 9.17) is 8.94 Å². The third-order valence-electron chi connectivity index (χ3n) is 3.12. The van der Waals surface area contributed by atoms with Crippen LogP contribution >= 0.6 is 15.9 Å². The third kappa shape index (κ3) is 2.64. The quantitative estimate of drug-likeness (QED) is 0.944. The van der Waals surface area contributed by atoms with E-state index >= 15 is 0 Å². The summed E-state index contributed by atoms with van der Waals surface area (Å²) in [6.07, 6.45) is 3.31. The lowest BCUT2D eigenvalue weighted by atomic mass is 9.96. The predicted molar refractivity (Wildman–Crippen MR) is 69.0 cm³/mol. The highest BCUT2D eigenvalue weighted by molar-refractivity contribution is 9.10. The Labute approximate surface area is 113 Å². The second kappa shape index (κ2) is 5.24. The van der Waals surface area contributed by atoms with Crippen molar-refractivity contribution >= 4 is 15.9 Å². The topological polar surface area (TPSA) is 64.1 Å². The molecule has 96 valence electrons. The summed E-state index contributed by atoms with van der Waals surface area (Å²) in [7, 11) is 0. The van der Waals surface area contributed by atoms with E-state index in [-0.39, 0.29) is 0 Å². The SMILES string of the molecule is Brc1ccc(-c2nc(CC3CCCNC3)no2)o1. The summed E-state index contributed by atoms with van der Waals surface area (Å²) in [6, 6.07) is 3.62. The molecule has 0 amide bonds. The molecular weight excluding hydrogens is 298 g/mol. The number of nitrogens with one attached hydrogen (secondary N) is 1. The molecule has 0 aliphatic carbocycles. The Kier molecular flexibility index (Phi) is 3.47. The third-order valence-corrected chi connectivity index (χ3v) is 3.55. The monoisotopic (exact) mass is 311 g/mol. The average Bonchev–Trinajstić information content (AvgIpc) is 2.99. The molecule has 0 radical (unpaired) electrons. The summed E-state index contributed by atoms with van der Waals surface area (Å²) in [5.74, 6) is 2.40. The number of hydrogen-bond donors (Lipinski definition) is 1. The summed E-state index contributed by atoms with van der Waals surface area (Å²) < 4.78 is 11.3. The van der Waals surface area contributed by atoms with Gasteiger partial charge in [0.15, 0.2) is 16.3 Å². The van der Waals surface area contributed by atoms with Gasteiger partial charge in [-0.2, -0.15) is 4.98 Å². The molecular formula is C12H14BrN3O2. The smallest absolute Gasteiger partial charge is 0.293 e. The maximum absolute atomic E-state index is 5.38. The molecule has 3 rings (SSSR count). The van der Waals surface area contributed by atoms with Gasteiger partial charge in [-0.3, -0.25) is 0 Å². The Bertz CT molecular complexity index is 517. The molecule has 0 saturated carbocycles. The lowest BCUT2D eigenvalue weighted by Crippen LogP contribution is -2.31. The fourth-order valence-corrected chi connectivity index (χ4v) is 2.53. The molecule has 1 atom stereocenters. The van der Waals surface area contributed by atoms with Crippen molar-refractivity contribution in [1.29, 1.82) is 0 Å². The second-order valence-electron chi connectivity index (χ2n) is 4.54. The van der Waals surface area contributed by atoms with E-state index in [1.54, 1.807) is 0 Å². The molecule has 0 bridgehead atoms. The first-order valence-corrected chi connectivity index (χ1v) is 6.89. The van der Waals surface area contributed by atoms with E-state index in [0.29, 0.717) is 22.2 Å². The Morgan fingerprint density at radius 3 is 3.11 bits per heavy atom. The van der Waals surface area contributed by atoms with Crippen molar-refractivity contribution in [2.75, 3.05) is 13.1 Å². The van der Waals surface area contributed by atoms with Gasteiger partial charge in [0.1, 0.15) is 0 Å². The largest absolute Gasteiger partial charge is 0.444 e. The zero-order chi connectivity index (χ0) is 12.4. The summed E-state index contributed by atoms with van der Waals surface area (Å²) in [6.45, 7) is 2.16. The van der Waals surface area contributed by atoms with Gasteiger partial charge in [0, 0.05) is 6.42 Å². The molecule has 0 spiro atoms. The van der Waals surface area contributed by atoms with Crippen LogP contribution in [0.4, 0.5) is 0 Å². The second-order valence-corrected chi connectivity index (χ2v) is 5.32.